The molecular weight excluding hydrogens is 313 g/mol. The Hall–Kier alpha value is -0.890. The summed E-state index contributed by atoms with van der Waals surface area (Å²) in [6.45, 7) is 0.807. The molecule has 0 unspecified atom stereocenters. The predicted molar refractivity (Wildman–Crippen MR) is 89.4 cm³/mol. The molecule has 0 fully saturated rings. The zero-order chi connectivity index (χ0) is 14.4. The summed E-state index contributed by atoms with van der Waals surface area (Å²) in [6, 6.07) is 20.5. The lowest BCUT2D eigenvalue weighted by Crippen LogP contribution is -2.19. The van der Waals surface area contributed by atoms with E-state index in [1.54, 1.807) is 0 Å². The second-order valence-electron chi connectivity index (χ2n) is 4.54. The minimum absolute atomic E-state index is 0.536. The second kappa shape index (κ2) is 7.21. The first-order chi connectivity index (χ1) is 9.56. The number of hydrogen-bond donors (Lipinski definition) is 0. The van der Waals surface area contributed by atoms with E-state index in [1.807, 2.05) is 36.4 Å². The number of alkyl halides is 3. The van der Waals surface area contributed by atoms with E-state index in [0.29, 0.717) is 6.42 Å². The van der Waals surface area contributed by atoms with Crippen molar-refractivity contribution in [3.8, 4) is 0 Å². The molecule has 0 aromatic heterocycles. The van der Waals surface area contributed by atoms with Gasteiger partial charge >= 0.3 is 0 Å². The van der Waals surface area contributed by atoms with E-state index in [4.69, 9.17) is 34.8 Å². The number of halogens is 3. The largest absolute Gasteiger partial charge is 0.341 e. The fraction of sp³-hybridized carbons (Fsp3) is 0.250. The van der Waals surface area contributed by atoms with Gasteiger partial charge in [-0.25, -0.2) is 0 Å². The van der Waals surface area contributed by atoms with Gasteiger partial charge in [-0.2, -0.15) is 0 Å². The van der Waals surface area contributed by atoms with Gasteiger partial charge in [0, 0.05) is 17.9 Å². The monoisotopic (exact) mass is 327 g/mol. The Morgan fingerprint density at radius 2 is 1.20 bits per heavy atom. The summed E-state index contributed by atoms with van der Waals surface area (Å²) < 4.78 is -1.18. The molecule has 0 atom stereocenters. The first-order valence-corrected chi connectivity index (χ1v) is 7.64. The second-order valence-corrected chi connectivity index (χ2v) is 7.06. The highest BCUT2D eigenvalue weighted by atomic mass is 35.6. The molecule has 0 aliphatic rings. The van der Waals surface area contributed by atoms with Gasteiger partial charge in [-0.15, -0.1) is 0 Å². The molecule has 1 nitrogen and oxygen atoms in total. The van der Waals surface area contributed by atoms with E-state index in [2.05, 4.69) is 29.2 Å². The molecule has 0 radical (unpaired) electrons. The zero-order valence-corrected chi connectivity index (χ0v) is 13.2. The molecule has 2 aromatic carbocycles. The van der Waals surface area contributed by atoms with Crippen molar-refractivity contribution in [3.05, 3.63) is 60.7 Å². The van der Waals surface area contributed by atoms with Crippen LogP contribution in [0.15, 0.2) is 60.7 Å². The van der Waals surface area contributed by atoms with Gasteiger partial charge in [-0.3, -0.25) is 0 Å². The van der Waals surface area contributed by atoms with Gasteiger partial charge in [0.15, 0.2) is 3.79 Å². The van der Waals surface area contributed by atoms with Crippen LogP contribution in [-0.2, 0) is 0 Å². The van der Waals surface area contributed by atoms with Crippen molar-refractivity contribution in [2.75, 3.05) is 11.4 Å². The molecule has 0 N–H and O–H groups in total. The number of benzene rings is 2. The Morgan fingerprint density at radius 1 is 0.750 bits per heavy atom. The van der Waals surface area contributed by atoms with Crippen molar-refractivity contribution in [1.29, 1.82) is 0 Å². The van der Waals surface area contributed by atoms with Crippen molar-refractivity contribution in [2.24, 2.45) is 0 Å². The highest BCUT2D eigenvalue weighted by molar-refractivity contribution is 6.67. The quantitative estimate of drug-likeness (QED) is 0.611. The maximum atomic E-state index is 5.82. The van der Waals surface area contributed by atoms with E-state index < -0.39 is 3.79 Å². The number of rotatable bonds is 5. The zero-order valence-electron chi connectivity index (χ0n) is 11.0. The molecule has 2 aromatic rings. The molecule has 0 spiro atoms. The molecule has 0 heterocycles. The third-order valence-corrected chi connectivity index (χ3v) is 3.54. The lowest BCUT2D eigenvalue weighted by Gasteiger charge is -2.25. The molecule has 0 aliphatic carbocycles. The van der Waals surface area contributed by atoms with Crippen LogP contribution in [0.5, 0.6) is 0 Å². The highest BCUT2D eigenvalue weighted by Gasteiger charge is 2.19. The number of para-hydroxylation sites is 2. The van der Waals surface area contributed by atoms with Crippen LogP contribution in [0.25, 0.3) is 0 Å². The van der Waals surface area contributed by atoms with Crippen molar-refractivity contribution in [3.63, 3.8) is 0 Å². The molecule has 0 bridgehead atoms. The fourth-order valence-electron chi connectivity index (χ4n) is 2.06. The Bertz CT molecular complexity index is 469. The first-order valence-electron chi connectivity index (χ1n) is 6.51. The van der Waals surface area contributed by atoms with Crippen LogP contribution in [-0.4, -0.2) is 10.3 Å². The van der Waals surface area contributed by atoms with Crippen molar-refractivity contribution >= 4 is 46.2 Å². The van der Waals surface area contributed by atoms with Crippen LogP contribution in [0.4, 0.5) is 11.4 Å². The SMILES string of the molecule is ClC(Cl)(Cl)CCCN(c1ccccc1)c1ccccc1. The molecule has 2 rings (SSSR count). The standard InChI is InChI=1S/C16H16Cl3N/c17-16(18,19)12-7-13-20(14-8-3-1-4-9-14)15-10-5-2-6-11-15/h1-6,8-11H,7,12-13H2. The molecule has 0 aliphatic heterocycles. The van der Waals surface area contributed by atoms with Gasteiger partial charge < -0.3 is 4.90 Å². The Kier molecular flexibility index (Phi) is 5.59. The predicted octanol–water partition coefficient (Wildman–Crippen LogP) is 5.98. The smallest absolute Gasteiger partial charge is 0.190 e. The molecular formula is C16H16Cl3N. The molecule has 20 heavy (non-hydrogen) atoms. The van der Waals surface area contributed by atoms with Crippen LogP contribution >= 0.6 is 34.8 Å². The maximum absolute atomic E-state index is 5.82. The van der Waals surface area contributed by atoms with E-state index in [-0.39, 0.29) is 0 Å². The maximum Gasteiger partial charge on any atom is 0.190 e. The minimum Gasteiger partial charge on any atom is -0.341 e. The Labute approximate surface area is 135 Å². The number of nitrogens with zero attached hydrogens (tertiary/aromatic N) is 1. The van der Waals surface area contributed by atoms with Crippen LogP contribution in [0.2, 0.25) is 0 Å². The fourth-order valence-corrected chi connectivity index (χ4v) is 2.46. The average Bonchev–Trinajstić information content (AvgIpc) is 2.44. The van der Waals surface area contributed by atoms with E-state index >= 15 is 0 Å². The average molecular weight is 329 g/mol. The Balaban J connectivity index is 2.13. The van der Waals surface area contributed by atoms with Gasteiger partial charge in [-0.05, 0) is 37.1 Å². The van der Waals surface area contributed by atoms with Crippen LogP contribution in [0.3, 0.4) is 0 Å². The van der Waals surface area contributed by atoms with Crippen LogP contribution in [0.1, 0.15) is 12.8 Å². The topological polar surface area (TPSA) is 3.24 Å². The van der Waals surface area contributed by atoms with Gasteiger partial charge in [0.05, 0.1) is 0 Å². The van der Waals surface area contributed by atoms with Gasteiger partial charge in [0.1, 0.15) is 0 Å². The van der Waals surface area contributed by atoms with E-state index in [0.717, 1.165) is 24.3 Å². The molecule has 0 saturated carbocycles. The summed E-state index contributed by atoms with van der Waals surface area (Å²) in [5.41, 5.74) is 2.28. The molecule has 106 valence electrons. The van der Waals surface area contributed by atoms with Crippen LogP contribution in [0, 0.1) is 0 Å². The molecule has 4 heteroatoms. The lowest BCUT2D eigenvalue weighted by molar-refractivity contribution is 0.748. The van der Waals surface area contributed by atoms with E-state index in [1.165, 1.54) is 0 Å². The summed E-state index contributed by atoms with van der Waals surface area (Å²) >= 11 is 17.5. The molecule has 0 saturated heterocycles. The van der Waals surface area contributed by atoms with Crippen molar-refractivity contribution < 1.29 is 0 Å². The van der Waals surface area contributed by atoms with Gasteiger partial charge in [-0.1, -0.05) is 71.2 Å². The molecule has 0 amide bonds. The normalized spacial score (nSPS) is 11.3. The Morgan fingerprint density at radius 3 is 1.60 bits per heavy atom. The van der Waals surface area contributed by atoms with E-state index in [9.17, 15) is 0 Å². The van der Waals surface area contributed by atoms with Gasteiger partial charge in [0.2, 0.25) is 0 Å². The van der Waals surface area contributed by atoms with Crippen molar-refractivity contribution in [1.82, 2.24) is 0 Å². The third kappa shape index (κ3) is 4.90. The summed E-state index contributed by atoms with van der Waals surface area (Å²) in [5.74, 6) is 0. The number of anilines is 2. The summed E-state index contributed by atoms with van der Waals surface area (Å²) in [7, 11) is 0. The summed E-state index contributed by atoms with van der Waals surface area (Å²) in [6.07, 6.45) is 1.34. The summed E-state index contributed by atoms with van der Waals surface area (Å²) in [5, 5.41) is 0. The van der Waals surface area contributed by atoms with Gasteiger partial charge in [0.25, 0.3) is 0 Å². The first kappa shape index (κ1) is 15.5. The third-order valence-electron chi connectivity index (χ3n) is 2.98. The van der Waals surface area contributed by atoms with Crippen LogP contribution < -0.4 is 4.90 Å². The summed E-state index contributed by atoms with van der Waals surface area (Å²) in [4.78, 5) is 2.23. The lowest BCUT2D eigenvalue weighted by atomic mass is 10.2. The number of hydrogen-bond acceptors (Lipinski definition) is 1. The minimum atomic E-state index is -1.18. The van der Waals surface area contributed by atoms with Crippen molar-refractivity contribution in [2.45, 2.75) is 16.6 Å². The highest BCUT2D eigenvalue weighted by Crippen LogP contribution is 2.32.